The summed E-state index contributed by atoms with van der Waals surface area (Å²) < 4.78 is 11.3. The van der Waals surface area contributed by atoms with Crippen LogP contribution in [0.25, 0.3) is 11.0 Å². The SMILES string of the molecule is COCC(O)CNC(=O)c1oc2ccc(Br)cc2c1C. The van der Waals surface area contributed by atoms with Gasteiger partial charge in [-0.05, 0) is 25.1 Å². The first-order valence-corrected chi connectivity index (χ1v) is 6.96. The molecule has 1 unspecified atom stereocenters. The Bertz CT molecular complexity index is 623. The molecule has 1 aromatic heterocycles. The second-order valence-corrected chi connectivity index (χ2v) is 5.43. The summed E-state index contributed by atoms with van der Waals surface area (Å²) in [6.45, 7) is 2.12. The second kappa shape index (κ2) is 6.39. The van der Waals surface area contributed by atoms with Crippen LogP contribution < -0.4 is 5.32 Å². The van der Waals surface area contributed by atoms with Crippen molar-refractivity contribution in [2.24, 2.45) is 0 Å². The Balaban J connectivity index is 2.16. The fraction of sp³-hybridized carbons (Fsp3) is 0.357. The first-order chi connectivity index (χ1) is 9.52. The van der Waals surface area contributed by atoms with E-state index in [9.17, 15) is 9.90 Å². The predicted molar refractivity (Wildman–Crippen MR) is 78.9 cm³/mol. The first kappa shape index (κ1) is 15.0. The van der Waals surface area contributed by atoms with Gasteiger partial charge in [-0.1, -0.05) is 15.9 Å². The number of methoxy groups -OCH3 is 1. The molecule has 2 aromatic rings. The van der Waals surface area contributed by atoms with E-state index in [-0.39, 0.29) is 24.8 Å². The van der Waals surface area contributed by atoms with Crippen molar-refractivity contribution in [3.8, 4) is 0 Å². The summed E-state index contributed by atoms with van der Waals surface area (Å²) in [5, 5.41) is 13.0. The van der Waals surface area contributed by atoms with Crippen LogP contribution in [0, 0.1) is 6.92 Å². The van der Waals surface area contributed by atoms with Crippen molar-refractivity contribution in [1.29, 1.82) is 0 Å². The number of nitrogens with one attached hydrogen (secondary N) is 1. The van der Waals surface area contributed by atoms with Gasteiger partial charge < -0.3 is 19.6 Å². The zero-order valence-electron chi connectivity index (χ0n) is 11.3. The number of ether oxygens (including phenoxy) is 1. The molecule has 0 spiro atoms. The molecular formula is C14H16BrNO4. The molecular weight excluding hydrogens is 326 g/mol. The van der Waals surface area contributed by atoms with Gasteiger partial charge in [-0.2, -0.15) is 0 Å². The van der Waals surface area contributed by atoms with E-state index in [2.05, 4.69) is 21.2 Å². The zero-order chi connectivity index (χ0) is 14.7. The third-order valence-corrected chi connectivity index (χ3v) is 3.46. The van der Waals surface area contributed by atoms with Crippen molar-refractivity contribution in [3.63, 3.8) is 0 Å². The summed E-state index contributed by atoms with van der Waals surface area (Å²) in [7, 11) is 1.49. The van der Waals surface area contributed by atoms with Gasteiger partial charge in [0.1, 0.15) is 5.58 Å². The molecule has 0 aliphatic heterocycles. The van der Waals surface area contributed by atoms with Gasteiger partial charge in [0.15, 0.2) is 5.76 Å². The van der Waals surface area contributed by atoms with E-state index in [0.717, 1.165) is 15.4 Å². The molecule has 0 bridgehead atoms. The van der Waals surface area contributed by atoms with Crippen LogP contribution in [0.2, 0.25) is 0 Å². The van der Waals surface area contributed by atoms with Gasteiger partial charge in [-0.15, -0.1) is 0 Å². The minimum Gasteiger partial charge on any atom is -0.451 e. The highest BCUT2D eigenvalue weighted by Crippen LogP contribution is 2.27. The highest BCUT2D eigenvalue weighted by Gasteiger charge is 2.18. The lowest BCUT2D eigenvalue weighted by atomic mass is 10.1. The van der Waals surface area contributed by atoms with E-state index < -0.39 is 6.10 Å². The van der Waals surface area contributed by atoms with Gasteiger partial charge in [0.2, 0.25) is 0 Å². The average Bonchev–Trinajstić information content (AvgIpc) is 2.74. The average molecular weight is 342 g/mol. The summed E-state index contributed by atoms with van der Waals surface area (Å²) in [4.78, 5) is 12.1. The smallest absolute Gasteiger partial charge is 0.287 e. The Kier molecular flexibility index (Phi) is 4.80. The van der Waals surface area contributed by atoms with Crippen molar-refractivity contribution in [2.45, 2.75) is 13.0 Å². The van der Waals surface area contributed by atoms with Crippen LogP contribution in [0.15, 0.2) is 27.1 Å². The Morgan fingerprint density at radius 1 is 1.55 bits per heavy atom. The molecule has 2 N–H and O–H groups in total. The highest BCUT2D eigenvalue weighted by molar-refractivity contribution is 9.10. The highest BCUT2D eigenvalue weighted by atomic mass is 79.9. The van der Waals surface area contributed by atoms with Crippen molar-refractivity contribution in [3.05, 3.63) is 34.0 Å². The number of furan rings is 1. The fourth-order valence-corrected chi connectivity index (χ4v) is 2.31. The molecule has 6 heteroatoms. The molecule has 0 saturated carbocycles. The number of carbonyl (C=O) groups excluding carboxylic acids is 1. The zero-order valence-corrected chi connectivity index (χ0v) is 12.9. The maximum absolute atomic E-state index is 12.1. The molecule has 108 valence electrons. The Morgan fingerprint density at radius 2 is 2.30 bits per heavy atom. The quantitative estimate of drug-likeness (QED) is 0.874. The first-order valence-electron chi connectivity index (χ1n) is 6.16. The van der Waals surface area contributed by atoms with Gasteiger partial charge in [0.05, 0.1) is 12.7 Å². The summed E-state index contributed by atoms with van der Waals surface area (Å²) >= 11 is 3.39. The Labute approximate surface area is 125 Å². The molecule has 2 rings (SSSR count). The monoisotopic (exact) mass is 341 g/mol. The van der Waals surface area contributed by atoms with Crippen LogP contribution in [0.4, 0.5) is 0 Å². The summed E-state index contributed by atoms with van der Waals surface area (Å²) in [6.07, 6.45) is -0.734. The number of hydrogen-bond acceptors (Lipinski definition) is 4. The minimum atomic E-state index is -0.734. The number of fused-ring (bicyclic) bond motifs is 1. The molecule has 0 saturated heterocycles. The number of rotatable bonds is 5. The fourth-order valence-electron chi connectivity index (χ4n) is 1.95. The van der Waals surface area contributed by atoms with E-state index >= 15 is 0 Å². The lowest BCUT2D eigenvalue weighted by Crippen LogP contribution is -2.34. The number of carbonyl (C=O) groups is 1. The summed E-state index contributed by atoms with van der Waals surface area (Å²) in [5.41, 5.74) is 1.44. The van der Waals surface area contributed by atoms with Gasteiger partial charge in [-0.3, -0.25) is 4.79 Å². The molecule has 5 nitrogen and oxygen atoms in total. The van der Waals surface area contributed by atoms with E-state index in [4.69, 9.17) is 9.15 Å². The van der Waals surface area contributed by atoms with Crippen LogP contribution in [0.5, 0.6) is 0 Å². The Hall–Kier alpha value is -1.37. The van der Waals surface area contributed by atoms with E-state index in [0.29, 0.717) is 5.58 Å². The van der Waals surface area contributed by atoms with Crippen molar-refractivity contribution in [2.75, 3.05) is 20.3 Å². The Morgan fingerprint density at radius 3 is 3.00 bits per heavy atom. The number of aliphatic hydroxyl groups excluding tert-OH is 1. The molecule has 1 amide bonds. The molecule has 0 radical (unpaired) electrons. The second-order valence-electron chi connectivity index (χ2n) is 4.52. The van der Waals surface area contributed by atoms with E-state index in [1.807, 2.05) is 25.1 Å². The van der Waals surface area contributed by atoms with Gasteiger partial charge in [0.25, 0.3) is 5.91 Å². The number of halogens is 1. The van der Waals surface area contributed by atoms with Crippen LogP contribution >= 0.6 is 15.9 Å². The maximum atomic E-state index is 12.1. The third kappa shape index (κ3) is 3.20. The largest absolute Gasteiger partial charge is 0.451 e. The van der Waals surface area contributed by atoms with Crippen molar-refractivity contribution in [1.82, 2.24) is 5.32 Å². The number of hydrogen-bond donors (Lipinski definition) is 2. The molecule has 1 atom stereocenters. The maximum Gasteiger partial charge on any atom is 0.287 e. The normalized spacial score (nSPS) is 12.6. The van der Waals surface area contributed by atoms with E-state index in [1.165, 1.54) is 7.11 Å². The number of aryl methyl sites for hydroxylation is 1. The lowest BCUT2D eigenvalue weighted by Gasteiger charge is -2.09. The summed E-state index contributed by atoms with van der Waals surface area (Å²) in [6, 6.07) is 5.57. The minimum absolute atomic E-state index is 0.118. The van der Waals surface area contributed by atoms with Crippen molar-refractivity contribution < 1.29 is 19.1 Å². The van der Waals surface area contributed by atoms with E-state index in [1.54, 1.807) is 0 Å². The third-order valence-electron chi connectivity index (χ3n) is 2.96. The molecule has 0 aliphatic carbocycles. The van der Waals surface area contributed by atoms with Gasteiger partial charge >= 0.3 is 0 Å². The lowest BCUT2D eigenvalue weighted by molar-refractivity contribution is 0.0603. The molecule has 0 aliphatic rings. The standard InChI is InChI=1S/C14H16BrNO4/c1-8-11-5-9(15)3-4-12(11)20-13(8)14(18)16-6-10(17)7-19-2/h3-5,10,17H,6-7H2,1-2H3,(H,16,18). The molecule has 1 aromatic carbocycles. The summed E-state index contributed by atoms with van der Waals surface area (Å²) in [5.74, 6) is -0.0762. The topological polar surface area (TPSA) is 71.7 Å². The molecule has 0 fully saturated rings. The molecule has 1 heterocycles. The number of aliphatic hydroxyl groups is 1. The number of benzene rings is 1. The predicted octanol–water partition coefficient (Wildman–Crippen LogP) is 2.24. The number of amides is 1. The van der Waals surface area contributed by atoms with Gasteiger partial charge in [0, 0.05) is 29.1 Å². The van der Waals surface area contributed by atoms with Crippen LogP contribution in [-0.4, -0.2) is 37.4 Å². The van der Waals surface area contributed by atoms with Crippen molar-refractivity contribution >= 4 is 32.8 Å². The van der Waals surface area contributed by atoms with Gasteiger partial charge in [-0.25, -0.2) is 0 Å². The van der Waals surface area contributed by atoms with Crippen LogP contribution in [0.3, 0.4) is 0 Å². The molecule has 20 heavy (non-hydrogen) atoms. The van der Waals surface area contributed by atoms with Crippen LogP contribution in [-0.2, 0) is 4.74 Å². The van der Waals surface area contributed by atoms with Crippen LogP contribution in [0.1, 0.15) is 16.1 Å².